The number of hydrogen-bond acceptors (Lipinski definition) is 4. The van der Waals surface area contributed by atoms with Crippen LogP contribution in [0.1, 0.15) is 11.1 Å². The van der Waals surface area contributed by atoms with E-state index >= 15 is 0 Å². The van der Waals surface area contributed by atoms with E-state index < -0.39 is 61.9 Å². The molecule has 4 nitrogen and oxygen atoms in total. The van der Waals surface area contributed by atoms with Gasteiger partial charge in [-0.25, -0.2) is 8.42 Å². The molecule has 0 bridgehead atoms. The van der Waals surface area contributed by atoms with Gasteiger partial charge in [0.2, 0.25) is 0 Å². The summed E-state index contributed by atoms with van der Waals surface area (Å²) < 4.78 is 75.1. The second-order valence-corrected chi connectivity index (χ2v) is 11.3. The molecule has 2 aromatic rings. The van der Waals surface area contributed by atoms with Crippen LogP contribution in [0.5, 0.6) is 0 Å². The summed E-state index contributed by atoms with van der Waals surface area (Å²) in [6.07, 6.45) is -4.11. The SMILES string of the molecule is CS(=O)(=O)c1c(SC(F)(Cl)Cl)c(C#N)c(Cl)n1-c1c(Cl)cc(C(F)(F)F)cc1Cl. The number of hydrogen-bond donors (Lipinski definition) is 0. The number of alkyl halides is 6. The first kappa shape index (κ1) is 24.7. The molecule has 0 N–H and O–H groups in total. The van der Waals surface area contributed by atoms with Crippen molar-refractivity contribution in [3.8, 4) is 11.8 Å². The predicted molar refractivity (Wildman–Crippen MR) is 105 cm³/mol. The van der Waals surface area contributed by atoms with Crippen molar-refractivity contribution in [2.24, 2.45) is 0 Å². The largest absolute Gasteiger partial charge is 0.416 e. The quantitative estimate of drug-likeness (QED) is 0.237. The van der Waals surface area contributed by atoms with Gasteiger partial charge in [-0.05, 0) is 23.9 Å². The zero-order valence-electron chi connectivity index (χ0n) is 13.6. The molecule has 0 unspecified atom stereocenters. The first-order valence-electron chi connectivity index (χ1n) is 6.85. The highest BCUT2D eigenvalue weighted by Gasteiger charge is 2.38. The van der Waals surface area contributed by atoms with E-state index in [0.717, 1.165) is 0 Å². The van der Waals surface area contributed by atoms with Gasteiger partial charge in [-0.1, -0.05) is 58.0 Å². The lowest BCUT2D eigenvalue weighted by atomic mass is 10.2. The van der Waals surface area contributed by atoms with Gasteiger partial charge in [0.05, 0.1) is 26.2 Å². The minimum atomic E-state index is -4.80. The molecule has 1 aromatic carbocycles. The standard InChI is InChI=1S/C14H5Cl5F4N2O2S2/c1-29(26,27)12-10(28-14(18,19)23)6(4-24)11(17)25(12)9-7(15)2-5(3-8(9)16)13(20,21)22/h2-3H,1H3. The maximum atomic E-state index is 13.8. The molecule has 0 saturated heterocycles. The van der Waals surface area contributed by atoms with Gasteiger partial charge in [0.1, 0.15) is 16.8 Å². The number of sulfone groups is 1. The monoisotopic (exact) mass is 548 g/mol. The van der Waals surface area contributed by atoms with E-state index in [1.165, 1.54) is 0 Å². The molecule has 0 aliphatic carbocycles. The average molecular weight is 551 g/mol. The van der Waals surface area contributed by atoms with Crippen LogP contribution in [0.15, 0.2) is 22.1 Å². The van der Waals surface area contributed by atoms with E-state index in [2.05, 4.69) is 0 Å². The Morgan fingerprint density at radius 2 is 1.59 bits per heavy atom. The molecule has 0 radical (unpaired) electrons. The summed E-state index contributed by atoms with van der Waals surface area (Å²) in [5.74, 6) is 0. The van der Waals surface area contributed by atoms with Crippen LogP contribution < -0.4 is 0 Å². The lowest BCUT2D eigenvalue weighted by molar-refractivity contribution is -0.137. The zero-order chi connectivity index (χ0) is 22.5. The molecular weight excluding hydrogens is 546 g/mol. The van der Waals surface area contributed by atoms with Gasteiger partial charge in [-0.15, -0.1) is 0 Å². The van der Waals surface area contributed by atoms with Gasteiger partial charge in [0.25, 0.3) is 0 Å². The number of rotatable bonds is 4. The highest BCUT2D eigenvalue weighted by atomic mass is 35.5. The Labute approximate surface area is 191 Å². The minimum Gasteiger partial charge on any atom is -0.286 e. The highest BCUT2D eigenvalue weighted by molar-refractivity contribution is 8.03. The van der Waals surface area contributed by atoms with Crippen LogP contribution in [0, 0.1) is 11.3 Å². The van der Waals surface area contributed by atoms with Crippen molar-refractivity contribution in [1.29, 1.82) is 5.26 Å². The van der Waals surface area contributed by atoms with Crippen molar-refractivity contribution >= 4 is 79.6 Å². The fraction of sp³-hybridized carbons (Fsp3) is 0.214. The molecule has 0 saturated carbocycles. The predicted octanol–water partition coefficient (Wildman–Crippen LogP) is 6.88. The van der Waals surface area contributed by atoms with E-state index in [4.69, 9.17) is 58.0 Å². The Bertz CT molecular complexity index is 1110. The van der Waals surface area contributed by atoms with Gasteiger partial charge < -0.3 is 0 Å². The number of halogens is 9. The Kier molecular flexibility index (Phi) is 6.98. The first-order valence-corrected chi connectivity index (χ1v) is 11.5. The molecule has 0 fully saturated rings. The van der Waals surface area contributed by atoms with Crippen LogP contribution in [0.4, 0.5) is 17.6 Å². The molecule has 1 heterocycles. The lowest BCUT2D eigenvalue weighted by Gasteiger charge is -2.16. The summed E-state index contributed by atoms with van der Waals surface area (Å²) >= 11 is 28.5. The van der Waals surface area contributed by atoms with Crippen LogP contribution >= 0.6 is 69.8 Å². The summed E-state index contributed by atoms with van der Waals surface area (Å²) in [5.41, 5.74) is -2.23. The summed E-state index contributed by atoms with van der Waals surface area (Å²) in [6, 6.07) is 2.56. The van der Waals surface area contributed by atoms with E-state index in [-0.39, 0.29) is 11.8 Å². The highest BCUT2D eigenvalue weighted by Crippen LogP contribution is 2.50. The first-order chi connectivity index (χ1) is 13.0. The number of thioether (sulfide) groups is 1. The second-order valence-electron chi connectivity index (χ2n) is 5.35. The van der Waals surface area contributed by atoms with Crippen LogP contribution in [0.3, 0.4) is 0 Å². The molecule has 0 atom stereocenters. The fourth-order valence-electron chi connectivity index (χ4n) is 2.29. The van der Waals surface area contributed by atoms with E-state index in [1.54, 1.807) is 6.07 Å². The summed E-state index contributed by atoms with van der Waals surface area (Å²) in [6.45, 7) is 0. The molecule has 0 aliphatic rings. The Morgan fingerprint density at radius 3 is 1.93 bits per heavy atom. The normalized spacial score (nSPS) is 12.9. The maximum Gasteiger partial charge on any atom is 0.416 e. The molecule has 0 amide bonds. The summed E-state index contributed by atoms with van der Waals surface area (Å²) in [4.78, 5) is -0.570. The summed E-state index contributed by atoms with van der Waals surface area (Å²) in [7, 11) is -4.29. The van der Waals surface area contributed by atoms with Crippen molar-refractivity contribution in [2.75, 3.05) is 6.26 Å². The fourth-order valence-corrected chi connectivity index (χ4v) is 6.00. The second kappa shape index (κ2) is 8.19. The average Bonchev–Trinajstić information content (AvgIpc) is 2.75. The maximum absolute atomic E-state index is 13.8. The van der Waals surface area contributed by atoms with Crippen molar-refractivity contribution in [1.82, 2.24) is 4.57 Å². The number of benzene rings is 1. The minimum absolute atomic E-state index is 0.0547. The van der Waals surface area contributed by atoms with Crippen LogP contribution in [0.25, 0.3) is 5.69 Å². The number of aromatic nitrogens is 1. The lowest BCUT2D eigenvalue weighted by Crippen LogP contribution is -2.11. The van der Waals surface area contributed by atoms with Gasteiger partial charge in [0, 0.05) is 6.26 Å². The van der Waals surface area contributed by atoms with Crippen LogP contribution in [0.2, 0.25) is 15.2 Å². The third-order valence-electron chi connectivity index (χ3n) is 3.28. The zero-order valence-corrected chi connectivity index (χ0v) is 19.0. The van der Waals surface area contributed by atoms with Crippen LogP contribution in [-0.2, 0) is 16.0 Å². The molecule has 15 heteroatoms. The van der Waals surface area contributed by atoms with Crippen molar-refractivity contribution in [3.63, 3.8) is 0 Å². The topological polar surface area (TPSA) is 62.9 Å². The van der Waals surface area contributed by atoms with Gasteiger partial charge in [0.15, 0.2) is 14.9 Å². The third-order valence-corrected chi connectivity index (χ3v) is 6.72. The van der Waals surface area contributed by atoms with Crippen molar-refractivity contribution in [3.05, 3.63) is 38.5 Å². The van der Waals surface area contributed by atoms with Crippen LogP contribution in [-0.4, -0.2) is 23.2 Å². The summed E-state index contributed by atoms with van der Waals surface area (Å²) in [5, 5.41) is 6.72. The molecule has 0 spiro atoms. The molecule has 0 aliphatic heterocycles. The molecular formula is C14H5Cl5F4N2O2S2. The number of nitriles is 1. The third kappa shape index (κ3) is 5.21. The molecule has 29 heavy (non-hydrogen) atoms. The molecule has 158 valence electrons. The molecule has 1 aromatic heterocycles. The smallest absolute Gasteiger partial charge is 0.286 e. The van der Waals surface area contributed by atoms with Gasteiger partial charge >= 0.3 is 10.1 Å². The Hall–Kier alpha value is -0.540. The van der Waals surface area contributed by atoms with Crippen molar-refractivity contribution in [2.45, 2.75) is 20.0 Å². The molecule has 2 rings (SSSR count). The van der Waals surface area contributed by atoms with Gasteiger partial charge in [-0.2, -0.15) is 22.8 Å². The van der Waals surface area contributed by atoms with E-state index in [0.29, 0.717) is 23.0 Å². The Morgan fingerprint density at radius 1 is 1.10 bits per heavy atom. The van der Waals surface area contributed by atoms with E-state index in [1.807, 2.05) is 0 Å². The number of nitrogens with zero attached hydrogens (tertiary/aromatic N) is 2. The van der Waals surface area contributed by atoms with Crippen molar-refractivity contribution < 1.29 is 26.0 Å². The van der Waals surface area contributed by atoms with E-state index in [9.17, 15) is 31.2 Å². The Balaban J connectivity index is 3.01. The van der Waals surface area contributed by atoms with Gasteiger partial charge in [-0.3, -0.25) is 4.57 Å².